The van der Waals surface area contributed by atoms with E-state index in [2.05, 4.69) is 10.2 Å². The minimum absolute atomic E-state index is 0.0277. The van der Waals surface area contributed by atoms with Crippen LogP contribution < -0.4 is 5.32 Å². The zero-order valence-electron chi connectivity index (χ0n) is 13.4. The summed E-state index contributed by atoms with van der Waals surface area (Å²) in [7, 11) is 0. The molecular weight excluding hydrogens is 327 g/mol. The third kappa shape index (κ3) is 4.61. The van der Waals surface area contributed by atoms with Gasteiger partial charge >= 0.3 is 0 Å². The van der Waals surface area contributed by atoms with Crippen molar-refractivity contribution in [2.45, 2.75) is 23.8 Å². The monoisotopic (exact) mass is 348 g/mol. The number of carbonyl (C=O) groups is 1. The van der Waals surface area contributed by atoms with Crippen LogP contribution >= 0.6 is 11.8 Å². The molecule has 6 heteroatoms. The van der Waals surface area contributed by atoms with Gasteiger partial charge in [0.05, 0.1) is 18.1 Å². The summed E-state index contributed by atoms with van der Waals surface area (Å²) in [6.07, 6.45) is 4.04. The zero-order valence-corrected chi connectivity index (χ0v) is 14.2. The van der Waals surface area contributed by atoms with Crippen molar-refractivity contribution >= 4 is 17.7 Å². The van der Waals surface area contributed by atoms with Gasteiger partial charge in [0.1, 0.15) is 11.6 Å². The summed E-state index contributed by atoms with van der Waals surface area (Å²) >= 11 is 1.40. The van der Waals surface area contributed by atoms with Crippen molar-refractivity contribution in [3.8, 4) is 0 Å². The molecule has 2 heterocycles. The lowest BCUT2D eigenvalue weighted by Gasteiger charge is -2.25. The molecule has 1 aromatic carbocycles. The van der Waals surface area contributed by atoms with Crippen molar-refractivity contribution in [1.29, 1.82) is 0 Å². The van der Waals surface area contributed by atoms with Crippen LogP contribution in [-0.4, -0.2) is 36.2 Å². The van der Waals surface area contributed by atoms with E-state index in [1.165, 1.54) is 36.7 Å². The second kappa shape index (κ2) is 8.35. The van der Waals surface area contributed by atoms with Gasteiger partial charge in [-0.15, -0.1) is 11.8 Å². The van der Waals surface area contributed by atoms with Crippen molar-refractivity contribution in [2.75, 3.05) is 25.4 Å². The summed E-state index contributed by atoms with van der Waals surface area (Å²) in [4.78, 5) is 15.4. The first-order chi connectivity index (χ1) is 11.7. The maximum atomic E-state index is 12.9. The Morgan fingerprint density at radius 2 is 2.00 bits per heavy atom. The number of hydrogen-bond donors (Lipinski definition) is 1. The molecule has 24 heavy (non-hydrogen) atoms. The Hall–Kier alpha value is -1.79. The van der Waals surface area contributed by atoms with E-state index < -0.39 is 0 Å². The summed E-state index contributed by atoms with van der Waals surface area (Å²) in [6, 6.07) is 10.1. The molecular formula is C18H21FN2O2S. The lowest BCUT2D eigenvalue weighted by atomic mass is 10.2. The van der Waals surface area contributed by atoms with Crippen LogP contribution in [0, 0.1) is 5.82 Å². The van der Waals surface area contributed by atoms with Crippen LogP contribution in [0.4, 0.5) is 4.39 Å². The fourth-order valence-electron chi connectivity index (χ4n) is 2.89. The topological polar surface area (TPSA) is 45.5 Å². The van der Waals surface area contributed by atoms with Gasteiger partial charge in [-0.25, -0.2) is 4.39 Å². The molecule has 1 unspecified atom stereocenters. The summed E-state index contributed by atoms with van der Waals surface area (Å²) in [5, 5.41) is 2.99. The highest BCUT2D eigenvalue weighted by Gasteiger charge is 2.25. The van der Waals surface area contributed by atoms with Crippen molar-refractivity contribution < 1.29 is 13.6 Å². The molecule has 0 aliphatic carbocycles. The van der Waals surface area contributed by atoms with E-state index in [9.17, 15) is 9.18 Å². The highest BCUT2D eigenvalue weighted by atomic mass is 32.2. The molecule has 2 aromatic rings. The maximum Gasteiger partial charge on any atom is 0.230 e. The Kier molecular flexibility index (Phi) is 5.93. The number of nitrogens with zero attached hydrogens (tertiary/aromatic N) is 1. The first-order valence-corrected chi connectivity index (χ1v) is 9.13. The van der Waals surface area contributed by atoms with E-state index in [0.29, 0.717) is 12.3 Å². The molecule has 0 radical (unpaired) electrons. The van der Waals surface area contributed by atoms with Crippen molar-refractivity contribution in [3.05, 3.63) is 54.2 Å². The molecule has 1 amide bonds. The number of likely N-dealkylation sites (tertiary alicyclic amines) is 1. The van der Waals surface area contributed by atoms with E-state index in [0.717, 1.165) is 23.7 Å². The predicted octanol–water partition coefficient (Wildman–Crippen LogP) is 3.46. The van der Waals surface area contributed by atoms with Crippen molar-refractivity contribution in [3.63, 3.8) is 0 Å². The number of amides is 1. The van der Waals surface area contributed by atoms with Gasteiger partial charge in [0.15, 0.2) is 0 Å². The number of hydrogen-bond acceptors (Lipinski definition) is 4. The molecule has 1 aliphatic rings. The summed E-state index contributed by atoms with van der Waals surface area (Å²) < 4.78 is 18.4. The van der Waals surface area contributed by atoms with Gasteiger partial charge in [-0.3, -0.25) is 9.69 Å². The quantitative estimate of drug-likeness (QED) is 0.779. The third-order valence-electron chi connectivity index (χ3n) is 4.13. The molecule has 0 spiro atoms. The molecule has 0 saturated carbocycles. The van der Waals surface area contributed by atoms with Crippen molar-refractivity contribution in [1.82, 2.24) is 10.2 Å². The smallest absolute Gasteiger partial charge is 0.230 e. The second-order valence-electron chi connectivity index (χ2n) is 5.82. The van der Waals surface area contributed by atoms with Crippen molar-refractivity contribution in [2.24, 2.45) is 0 Å². The molecule has 0 bridgehead atoms. The number of benzene rings is 1. The number of carbonyl (C=O) groups excluding carboxylic acids is 1. The molecule has 1 aromatic heterocycles. The average Bonchev–Trinajstić information content (AvgIpc) is 3.29. The largest absolute Gasteiger partial charge is 0.468 e. The minimum atomic E-state index is -0.268. The Bertz CT molecular complexity index is 640. The van der Waals surface area contributed by atoms with E-state index in [1.54, 1.807) is 18.4 Å². The number of nitrogens with one attached hydrogen (secondary N) is 1. The van der Waals surface area contributed by atoms with Gasteiger partial charge in [0.2, 0.25) is 5.91 Å². The van der Waals surface area contributed by atoms with Gasteiger partial charge in [-0.2, -0.15) is 0 Å². The Balaban J connectivity index is 1.50. The molecule has 3 rings (SSSR count). The minimum Gasteiger partial charge on any atom is -0.468 e. The third-order valence-corrected chi connectivity index (χ3v) is 5.14. The molecule has 1 saturated heterocycles. The van der Waals surface area contributed by atoms with Crippen LogP contribution in [0.1, 0.15) is 24.6 Å². The number of halogens is 1. The van der Waals surface area contributed by atoms with Crippen LogP contribution in [0.25, 0.3) is 0 Å². The fraction of sp³-hybridized carbons (Fsp3) is 0.389. The average molecular weight is 348 g/mol. The van der Waals surface area contributed by atoms with Gasteiger partial charge in [0, 0.05) is 11.4 Å². The Morgan fingerprint density at radius 3 is 2.67 bits per heavy atom. The number of furan rings is 1. The summed E-state index contributed by atoms with van der Waals surface area (Å²) in [5.41, 5.74) is 0. The maximum absolute atomic E-state index is 12.9. The van der Waals surface area contributed by atoms with Crippen LogP contribution in [0.15, 0.2) is 52.0 Å². The van der Waals surface area contributed by atoms with E-state index >= 15 is 0 Å². The number of rotatable bonds is 7. The zero-order chi connectivity index (χ0) is 16.8. The molecule has 1 aliphatic heterocycles. The lowest BCUT2D eigenvalue weighted by Crippen LogP contribution is -2.37. The normalized spacial score (nSPS) is 16.2. The first kappa shape index (κ1) is 17.0. The van der Waals surface area contributed by atoms with Gasteiger partial charge < -0.3 is 9.73 Å². The lowest BCUT2D eigenvalue weighted by molar-refractivity contribution is -0.118. The van der Waals surface area contributed by atoms with Crippen LogP contribution in [0.3, 0.4) is 0 Å². The standard InChI is InChI=1S/C18H21FN2O2S/c19-14-5-7-15(8-6-14)24-13-18(22)20-12-16(17-4-3-11-23-17)21-9-1-2-10-21/h3-8,11,16H,1-2,9-10,12-13H2,(H,20,22). The van der Waals surface area contributed by atoms with Crippen LogP contribution in [0.5, 0.6) is 0 Å². The second-order valence-corrected chi connectivity index (χ2v) is 6.87. The molecule has 128 valence electrons. The predicted molar refractivity (Wildman–Crippen MR) is 92.4 cm³/mol. The number of thioether (sulfide) groups is 1. The fourth-order valence-corrected chi connectivity index (χ4v) is 3.61. The van der Waals surface area contributed by atoms with E-state index in [1.807, 2.05) is 12.1 Å². The summed E-state index contributed by atoms with van der Waals surface area (Å²) in [5.74, 6) is 0.912. The molecule has 4 nitrogen and oxygen atoms in total. The Morgan fingerprint density at radius 1 is 1.25 bits per heavy atom. The highest BCUT2D eigenvalue weighted by Crippen LogP contribution is 2.25. The molecule has 1 N–H and O–H groups in total. The van der Waals surface area contributed by atoms with Gasteiger partial charge in [0.25, 0.3) is 0 Å². The van der Waals surface area contributed by atoms with Crippen LogP contribution in [0.2, 0.25) is 0 Å². The molecule has 1 fully saturated rings. The van der Waals surface area contributed by atoms with Gasteiger partial charge in [-0.1, -0.05) is 0 Å². The summed E-state index contributed by atoms with van der Waals surface area (Å²) in [6.45, 7) is 2.60. The first-order valence-electron chi connectivity index (χ1n) is 8.15. The van der Waals surface area contributed by atoms with E-state index in [4.69, 9.17) is 4.42 Å². The SMILES string of the molecule is O=C(CSc1ccc(F)cc1)NCC(c1ccco1)N1CCCC1. The van der Waals surface area contributed by atoms with Gasteiger partial charge in [-0.05, 0) is 62.3 Å². The Labute approximate surface area is 145 Å². The highest BCUT2D eigenvalue weighted by molar-refractivity contribution is 8.00. The molecule has 1 atom stereocenters. The van der Waals surface area contributed by atoms with Crippen LogP contribution in [-0.2, 0) is 4.79 Å². The van der Waals surface area contributed by atoms with E-state index in [-0.39, 0.29) is 17.8 Å².